The molecule has 1 aromatic heterocycles. The number of benzene rings is 1. The van der Waals surface area contributed by atoms with E-state index in [0.29, 0.717) is 10.2 Å². The number of hydrogen-bond acceptors (Lipinski definition) is 3. The molecule has 0 radical (unpaired) electrons. The van der Waals surface area contributed by atoms with Crippen molar-refractivity contribution in [3.05, 3.63) is 40.1 Å². The molecule has 1 amide bonds. The Hall–Kier alpha value is -1.76. The zero-order valence-corrected chi connectivity index (χ0v) is 10.4. The molecule has 0 aliphatic heterocycles. The van der Waals surface area contributed by atoms with Gasteiger partial charge in [-0.15, -0.1) is 0 Å². The van der Waals surface area contributed by atoms with Gasteiger partial charge in [-0.25, -0.2) is 9.37 Å². The van der Waals surface area contributed by atoms with Crippen LogP contribution in [0.5, 0.6) is 0 Å². The molecule has 0 aliphatic rings. The Morgan fingerprint density at radius 3 is 2.94 bits per heavy atom. The average molecular weight is 299 g/mol. The molecule has 0 saturated heterocycles. The fourth-order valence-corrected chi connectivity index (χ4v) is 1.74. The molecule has 2 rings (SSSR count). The van der Waals surface area contributed by atoms with Crippen LogP contribution in [0.15, 0.2) is 22.9 Å². The summed E-state index contributed by atoms with van der Waals surface area (Å²) >= 11 is 3.07. The maximum Gasteiger partial charge on any atom is 0.292 e. The fourth-order valence-electron chi connectivity index (χ4n) is 1.28. The number of anilines is 1. The van der Waals surface area contributed by atoms with Gasteiger partial charge in [0.15, 0.2) is 0 Å². The van der Waals surface area contributed by atoms with Crippen molar-refractivity contribution in [3.8, 4) is 0 Å². The number of aromatic amines is 1. The molecule has 88 valence electrons. The number of amides is 1. The lowest BCUT2D eigenvalue weighted by Gasteiger charge is -2.07. The lowest BCUT2D eigenvalue weighted by molar-refractivity contribution is 0.101. The van der Waals surface area contributed by atoms with Gasteiger partial charge in [0.1, 0.15) is 12.1 Å². The van der Waals surface area contributed by atoms with Gasteiger partial charge in [0.2, 0.25) is 5.82 Å². The third kappa shape index (κ3) is 2.50. The van der Waals surface area contributed by atoms with E-state index in [0.717, 1.165) is 5.56 Å². The Bertz CT molecular complexity index is 556. The molecule has 0 atom stereocenters. The summed E-state index contributed by atoms with van der Waals surface area (Å²) in [6.07, 6.45) is 1.23. The van der Waals surface area contributed by atoms with E-state index in [1.54, 1.807) is 13.0 Å². The van der Waals surface area contributed by atoms with Gasteiger partial charge in [0, 0.05) is 5.69 Å². The van der Waals surface area contributed by atoms with Crippen molar-refractivity contribution in [2.24, 2.45) is 0 Å². The second-order valence-electron chi connectivity index (χ2n) is 3.37. The normalized spacial score (nSPS) is 10.3. The van der Waals surface area contributed by atoms with E-state index in [4.69, 9.17) is 0 Å². The SMILES string of the molecule is Cc1cc(Br)c(F)cc1NC(=O)c1ncn[nH]1. The molecule has 5 nitrogen and oxygen atoms in total. The molecule has 1 aromatic carbocycles. The molecule has 0 unspecified atom stereocenters. The molecular weight excluding hydrogens is 291 g/mol. The highest BCUT2D eigenvalue weighted by Crippen LogP contribution is 2.24. The number of carbonyl (C=O) groups excluding carboxylic acids is 1. The van der Waals surface area contributed by atoms with Crippen molar-refractivity contribution in [1.82, 2.24) is 15.2 Å². The third-order valence-electron chi connectivity index (χ3n) is 2.15. The monoisotopic (exact) mass is 298 g/mol. The summed E-state index contributed by atoms with van der Waals surface area (Å²) in [5.74, 6) is -0.830. The molecule has 1 heterocycles. The zero-order valence-electron chi connectivity index (χ0n) is 8.79. The lowest BCUT2D eigenvalue weighted by atomic mass is 10.2. The molecular formula is C10H8BrFN4O. The Morgan fingerprint density at radius 2 is 2.29 bits per heavy atom. The minimum absolute atomic E-state index is 0.0766. The summed E-state index contributed by atoms with van der Waals surface area (Å²) in [7, 11) is 0. The number of nitrogens with one attached hydrogen (secondary N) is 2. The Balaban J connectivity index is 2.25. The van der Waals surface area contributed by atoms with Crippen molar-refractivity contribution >= 4 is 27.5 Å². The minimum Gasteiger partial charge on any atom is -0.319 e. The Labute approximate surface area is 105 Å². The number of nitrogens with zero attached hydrogens (tertiary/aromatic N) is 2. The number of carbonyl (C=O) groups is 1. The van der Waals surface area contributed by atoms with E-state index in [1.165, 1.54) is 12.4 Å². The molecule has 0 fully saturated rings. The van der Waals surface area contributed by atoms with Crippen molar-refractivity contribution < 1.29 is 9.18 Å². The smallest absolute Gasteiger partial charge is 0.292 e. The summed E-state index contributed by atoms with van der Waals surface area (Å²) < 4.78 is 13.7. The molecule has 2 N–H and O–H groups in total. The van der Waals surface area contributed by atoms with Crippen LogP contribution in [-0.2, 0) is 0 Å². The van der Waals surface area contributed by atoms with Crippen LogP contribution < -0.4 is 5.32 Å². The van der Waals surface area contributed by atoms with Gasteiger partial charge in [0.25, 0.3) is 5.91 Å². The maximum atomic E-state index is 13.3. The van der Waals surface area contributed by atoms with E-state index in [-0.39, 0.29) is 5.82 Å². The number of halogens is 2. The lowest BCUT2D eigenvalue weighted by Crippen LogP contribution is -2.14. The summed E-state index contributed by atoms with van der Waals surface area (Å²) in [5.41, 5.74) is 1.14. The highest BCUT2D eigenvalue weighted by atomic mass is 79.9. The van der Waals surface area contributed by atoms with Gasteiger partial charge in [-0.05, 0) is 40.5 Å². The van der Waals surface area contributed by atoms with Crippen LogP contribution >= 0.6 is 15.9 Å². The standard InChI is InChI=1S/C10H8BrFN4O/c1-5-2-6(11)7(12)3-8(5)15-10(17)9-13-4-14-16-9/h2-4H,1H3,(H,15,17)(H,13,14,16). The second-order valence-corrected chi connectivity index (χ2v) is 4.22. The first-order chi connectivity index (χ1) is 8.08. The van der Waals surface area contributed by atoms with Crippen LogP contribution in [0.4, 0.5) is 10.1 Å². The van der Waals surface area contributed by atoms with E-state index in [9.17, 15) is 9.18 Å². The van der Waals surface area contributed by atoms with Crippen LogP contribution in [0, 0.1) is 12.7 Å². The van der Waals surface area contributed by atoms with E-state index >= 15 is 0 Å². The molecule has 7 heteroatoms. The summed E-state index contributed by atoms with van der Waals surface area (Å²) in [5, 5.41) is 8.53. The van der Waals surface area contributed by atoms with Crippen molar-refractivity contribution in [1.29, 1.82) is 0 Å². The molecule has 0 bridgehead atoms. The highest BCUT2D eigenvalue weighted by Gasteiger charge is 2.12. The topological polar surface area (TPSA) is 70.7 Å². The number of hydrogen-bond donors (Lipinski definition) is 2. The molecule has 0 spiro atoms. The summed E-state index contributed by atoms with van der Waals surface area (Å²) in [4.78, 5) is 15.3. The van der Waals surface area contributed by atoms with Crippen LogP contribution in [-0.4, -0.2) is 21.1 Å². The summed E-state index contributed by atoms with van der Waals surface area (Å²) in [6, 6.07) is 2.83. The number of aryl methyl sites for hydroxylation is 1. The zero-order chi connectivity index (χ0) is 12.4. The van der Waals surface area contributed by atoms with Crippen molar-refractivity contribution in [2.45, 2.75) is 6.92 Å². The van der Waals surface area contributed by atoms with Gasteiger partial charge in [-0.1, -0.05) is 0 Å². The Kier molecular flexibility index (Phi) is 3.19. The van der Waals surface area contributed by atoms with Gasteiger partial charge < -0.3 is 5.32 Å². The average Bonchev–Trinajstić information content (AvgIpc) is 2.79. The largest absolute Gasteiger partial charge is 0.319 e. The van der Waals surface area contributed by atoms with Gasteiger partial charge in [-0.3, -0.25) is 9.89 Å². The van der Waals surface area contributed by atoms with Crippen LogP contribution in [0.2, 0.25) is 0 Å². The predicted molar refractivity (Wildman–Crippen MR) is 63.2 cm³/mol. The number of rotatable bonds is 2. The summed E-state index contributed by atoms with van der Waals surface area (Å²) in [6.45, 7) is 1.76. The molecule has 17 heavy (non-hydrogen) atoms. The third-order valence-corrected chi connectivity index (χ3v) is 2.75. The molecule has 0 saturated carbocycles. The first kappa shape index (κ1) is 11.7. The van der Waals surface area contributed by atoms with E-state index in [2.05, 4.69) is 36.4 Å². The highest BCUT2D eigenvalue weighted by molar-refractivity contribution is 9.10. The number of H-pyrrole nitrogens is 1. The van der Waals surface area contributed by atoms with Crippen LogP contribution in [0.3, 0.4) is 0 Å². The number of aromatic nitrogens is 3. The first-order valence-corrected chi connectivity index (χ1v) is 5.49. The van der Waals surface area contributed by atoms with Gasteiger partial charge in [0.05, 0.1) is 4.47 Å². The fraction of sp³-hybridized carbons (Fsp3) is 0.100. The van der Waals surface area contributed by atoms with Crippen LogP contribution in [0.25, 0.3) is 0 Å². The quantitative estimate of drug-likeness (QED) is 0.893. The van der Waals surface area contributed by atoms with Gasteiger partial charge >= 0.3 is 0 Å². The second kappa shape index (κ2) is 4.62. The maximum absolute atomic E-state index is 13.3. The Morgan fingerprint density at radius 1 is 1.53 bits per heavy atom. The van der Waals surface area contributed by atoms with Crippen molar-refractivity contribution in [2.75, 3.05) is 5.32 Å². The predicted octanol–water partition coefficient (Wildman–Crippen LogP) is 2.27. The van der Waals surface area contributed by atoms with Gasteiger partial charge in [-0.2, -0.15) is 5.10 Å². The minimum atomic E-state index is -0.465. The van der Waals surface area contributed by atoms with Crippen LogP contribution in [0.1, 0.15) is 16.2 Å². The molecule has 2 aromatic rings. The van der Waals surface area contributed by atoms with Crippen molar-refractivity contribution in [3.63, 3.8) is 0 Å². The molecule has 0 aliphatic carbocycles. The van der Waals surface area contributed by atoms with E-state index in [1.807, 2.05) is 0 Å². The first-order valence-electron chi connectivity index (χ1n) is 4.70. The van der Waals surface area contributed by atoms with E-state index < -0.39 is 11.7 Å².